The van der Waals surface area contributed by atoms with Crippen LogP contribution in [0.4, 0.5) is 11.4 Å². The van der Waals surface area contributed by atoms with Gasteiger partial charge in [0.1, 0.15) is 5.71 Å². The maximum Gasteiger partial charge on any atom is 0.354 e. The lowest BCUT2D eigenvalue weighted by molar-refractivity contribution is -0.132. The second kappa shape index (κ2) is 3.90. The quantitative estimate of drug-likeness (QED) is 0.743. The molecule has 5 heteroatoms. The molecular formula is C10H9ClN2O2. The van der Waals surface area contributed by atoms with Crippen molar-refractivity contribution >= 4 is 34.7 Å². The fourth-order valence-electron chi connectivity index (χ4n) is 1.35. The largest absolute Gasteiger partial charge is 0.464 e. The van der Waals surface area contributed by atoms with Crippen LogP contribution in [0.5, 0.6) is 0 Å². The van der Waals surface area contributed by atoms with Gasteiger partial charge in [-0.2, -0.15) is 0 Å². The number of hydrogen-bond donors (Lipinski definition) is 1. The van der Waals surface area contributed by atoms with Crippen molar-refractivity contribution in [2.75, 3.05) is 19.0 Å². The van der Waals surface area contributed by atoms with E-state index in [1.807, 2.05) is 6.07 Å². The molecule has 78 valence electrons. The molecule has 1 heterocycles. The molecule has 0 atom stereocenters. The highest BCUT2D eigenvalue weighted by molar-refractivity contribution is 6.39. The minimum absolute atomic E-state index is 0.354. The Balaban J connectivity index is 2.39. The first-order valence-corrected chi connectivity index (χ1v) is 4.78. The Bertz CT molecular complexity index is 443. The summed E-state index contributed by atoms with van der Waals surface area (Å²) in [7, 11) is 1.33. The van der Waals surface area contributed by atoms with Gasteiger partial charge < -0.3 is 10.1 Å². The molecule has 15 heavy (non-hydrogen) atoms. The number of nitrogens with one attached hydrogen (secondary N) is 1. The lowest BCUT2D eigenvalue weighted by Gasteiger charge is -2.16. The summed E-state index contributed by atoms with van der Waals surface area (Å²) in [6.07, 6.45) is 0. The number of esters is 1. The van der Waals surface area contributed by atoms with Crippen molar-refractivity contribution in [3.63, 3.8) is 0 Å². The monoisotopic (exact) mass is 224 g/mol. The lowest BCUT2D eigenvalue weighted by Crippen LogP contribution is -2.26. The predicted molar refractivity (Wildman–Crippen MR) is 59.1 cm³/mol. The van der Waals surface area contributed by atoms with Crippen molar-refractivity contribution in [1.29, 1.82) is 0 Å². The van der Waals surface area contributed by atoms with Crippen LogP contribution in [0.1, 0.15) is 0 Å². The van der Waals surface area contributed by atoms with Crippen molar-refractivity contribution in [2.45, 2.75) is 0 Å². The molecule has 0 unspecified atom stereocenters. The Morgan fingerprint density at radius 2 is 2.40 bits per heavy atom. The summed E-state index contributed by atoms with van der Waals surface area (Å²) in [6.45, 7) is 0.376. The summed E-state index contributed by atoms with van der Waals surface area (Å²) in [4.78, 5) is 15.4. The second-order valence-electron chi connectivity index (χ2n) is 3.07. The molecule has 0 fully saturated rings. The minimum atomic E-state index is -0.423. The van der Waals surface area contributed by atoms with E-state index in [0.717, 1.165) is 5.69 Å². The van der Waals surface area contributed by atoms with Gasteiger partial charge in [0.15, 0.2) is 0 Å². The Morgan fingerprint density at radius 1 is 1.60 bits per heavy atom. The standard InChI is InChI=1S/C10H9ClN2O2/c1-15-10(14)9-5-12-7-3-2-6(11)4-8(7)13-9/h2-4,12H,5H2,1H3. The molecule has 1 aliphatic rings. The van der Waals surface area contributed by atoms with Crippen LogP contribution < -0.4 is 5.32 Å². The first kappa shape index (κ1) is 9.98. The van der Waals surface area contributed by atoms with Crippen LogP contribution in [0.2, 0.25) is 5.02 Å². The average molecular weight is 225 g/mol. The third-order valence-electron chi connectivity index (χ3n) is 2.08. The van der Waals surface area contributed by atoms with E-state index in [0.29, 0.717) is 23.0 Å². The van der Waals surface area contributed by atoms with Crippen LogP contribution in [0.3, 0.4) is 0 Å². The zero-order valence-corrected chi connectivity index (χ0v) is 8.84. The van der Waals surface area contributed by atoms with Gasteiger partial charge in [0.25, 0.3) is 0 Å². The number of aliphatic imine (C=N–C) groups is 1. The summed E-state index contributed by atoms with van der Waals surface area (Å²) in [5.41, 5.74) is 1.88. The van der Waals surface area contributed by atoms with E-state index in [2.05, 4.69) is 15.0 Å². The highest BCUT2D eigenvalue weighted by Crippen LogP contribution is 2.30. The molecule has 0 radical (unpaired) electrons. The molecule has 1 aromatic rings. The zero-order chi connectivity index (χ0) is 10.8. The number of fused-ring (bicyclic) bond motifs is 1. The molecule has 0 saturated heterocycles. The van der Waals surface area contributed by atoms with Gasteiger partial charge in [-0.05, 0) is 18.2 Å². The number of rotatable bonds is 1. The van der Waals surface area contributed by atoms with Gasteiger partial charge in [-0.1, -0.05) is 11.6 Å². The highest BCUT2D eigenvalue weighted by Gasteiger charge is 2.17. The van der Waals surface area contributed by atoms with Crippen LogP contribution in [0.25, 0.3) is 0 Å². The number of carbonyl (C=O) groups is 1. The molecule has 0 amide bonds. The summed E-state index contributed by atoms with van der Waals surface area (Å²) in [5.74, 6) is -0.423. The number of carbonyl (C=O) groups excluding carboxylic acids is 1. The van der Waals surface area contributed by atoms with Gasteiger partial charge in [0.2, 0.25) is 0 Å². The molecule has 0 spiro atoms. The van der Waals surface area contributed by atoms with E-state index in [-0.39, 0.29) is 0 Å². The Kier molecular flexibility index (Phi) is 2.60. The molecule has 0 saturated carbocycles. The van der Waals surface area contributed by atoms with Gasteiger partial charge in [0.05, 0.1) is 25.0 Å². The van der Waals surface area contributed by atoms with Gasteiger partial charge in [-0.15, -0.1) is 0 Å². The molecule has 1 aliphatic heterocycles. The number of methoxy groups -OCH3 is 1. The first-order valence-electron chi connectivity index (χ1n) is 4.40. The maximum atomic E-state index is 11.2. The summed E-state index contributed by atoms with van der Waals surface area (Å²) in [5, 5.41) is 3.65. The van der Waals surface area contributed by atoms with Crippen molar-refractivity contribution in [1.82, 2.24) is 0 Å². The van der Waals surface area contributed by atoms with Gasteiger partial charge in [0, 0.05) is 5.02 Å². The van der Waals surface area contributed by atoms with E-state index in [9.17, 15) is 4.79 Å². The number of ether oxygens (including phenoxy) is 1. The number of halogens is 1. The van der Waals surface area contributed by atoms with Crippen molar-refractivity contribution < 1.29 is 9.53 Å². The lowest BCUT2D eigenvalue weighted by atomic mass is 10.2. The number of hydrogen-bond acceptors (Lipinski definition) is 4. The first-order chi connectivity index (χ1) is 7.20. The summed E-state index contributed by atoms with van der Waals surface area (Å²) < 4.78 is 4.59. The normalized spacial score (nSPS) is 13.6. The van der Waals surface area contributed by atoms with Crippen LogP contribution >= 0.6 is 11.6 Å². The minimum Gasteiger partial charge on any atom is -0.464 e. The number of nitrogens with zero attached hydrogens (tertiary/aromatic N) is 1. The fourth-order valence-corrected chi connectivity index (χ4v) is 1.51. The Morgan fingerprint density at radius 3 is 3.13 bits per heavy atom. The van der Waals surface area contributed by atoms with Crippen molar-refractivity contribution in [2.24, 2.45) is 4.99 Å². The van der Waals surface area contributed by atoms with Crippen molar-refractivity contribution in [3.05, 3.63) is 23.2 Å². The number of anilines is 1. The maximum absolute atomic E-state index is 11.2. The Hall–Kier alpha value is -1.55. The molecular weight excluding hydrogens is 216 g/mol. The Labute approximate surface area is 91.9 Å². The second-order valence-corrected chi connectivity index (χ2v) is 3.50. The third kappa shape index (κ3) is 1.94. The van der Waals surface area contributed by atoms with Gasteiger partial charge in [-0.25, -0.2) is 9.79 Å². The van der Waals surface area contributed by atoms with Gasteiger partial charge >= 0.3 is 5.97 Å². The molecule has 0 bridgehead atoms. The molecule has 1 N–H and O–H groups in total. The summed E-state index contributed by atoms with van der Waals surface area (Å²) >= 11 is 5.82. The van der Waals surface area contributed by atoms with Crippen molar-refractivity contribution in [3.8, 4) is 0 Å². The number of benzene rings is 1. The van der Waals surface area contributed by atoms with Crippen LogP contribution in [0, 0.1) is 0 Å². The third-order valence-corrected chi connectivity index (χ3v) is 2.32. The molecule has 0 aliphatic carbocycles. The van der Waals surface area contributed by atoms with Gasteiger partial charge in [-0.3, -0.25) is 0 Å². The molecule has 0 aromatic heterocycles. The summed E-state index contributed by atoms with van der Waals surface area (Å²) in [6, 6.07) is 5.30. The van der Waals surface area contributed by atoms with Crippen LogP contribution in [-0.4, -0.2) is 25.3 Å². The fraction of sp³-hybridized carbons (Fsp3) is 0.200. The molecule has 4 nitrogen and oxygen atoms in total. The van der Waals surface area contributed by atoms with E-state index in [1.165, 1.54) is 7.11 Å². The zero-order valence-electron chi connectivity index (χ0n) is 8.08. The topological polar surface area (TPSA) is 50.7 Å². The van der Waals surface area contributed by atoms with E-state index >= 15 is 0 Å². The predicted octanol–water partition coefficient (Wildman–Crippen LogP) is 2.01. The van der Waals surface area contributed by atoms with Crippen LogP contribution in [-0.2, 0) is 9.53 Å². The van der Waals surface area contributed by atoms with E-state index < -0.39 is 5.97 Å². The van der Waals surface area contributed by atoms with Crippen LogP contribution in [0.15, 0.2) is 23.2 Å². The van der Waals surface area contributed by atoms with E-state index in [4.69, 9.17) is 11.6 Å². The average Bonchev–Trinajstić information content (AvgIpc) is 2.27. The highest BCUT2D eigenvalue weighted by atomic mass is 35.5. The smallest absolute Gasteiger partial charge is 0.354 e. The molecule has 1 aromatic carbocycles. The molecule has 2 rings (SSSR count). The van der Waals surface area contributed by atoms with E-state index in [1.54, 1.807) is 12.1 Å². The SMILES string of the molecule is COC(=O)C1=Nc2cc(Cl)ccc2NC1.